The van der Waals surface area contributed by atoms with Crippen LogP contribution >= 0.6 is 0 Å². The largest absolute Gasteiger partial charge is 0.451 e. The Morgan fingerprint density at radius 3 is 2.91 bits per heavy atom. The summed E-state index contributed by atoms with van der Waals surface area (Å²) in [5, 5.41) is 6.45. The van der Waals surface area contributed by atoms with Gasteiger partial charge >= 0.3 is 0 Å². The molecule has 1 aromatic carbocycles. The van der Waals surface area contributed by atoms with Crippen molar-refractivity contribution in [2.75, 3.05) is 6.54 Å². The lowest BCUT2D eigenvalue weighted by Crippen LogP contribution is -2.47. The number of nitrogens with one attached hydrogen (secondary N) is 2. The molecule has 2 aromatic rings. The van der Waals surface area contributed by atoms with Crippen molar-refractivity contribution in [3.05, 3.63) is 48.0 Å². The van der Waals surface area contributed by atoms with Gasteiger partial charge in [0.2, 0.25) is 0 Å². The summed E-state index contributed by atoms with van der Waals surface area (Å²) in [6.07, 6.45) is 2.17. The summed E-state index contributed by atoms with van der Waals surface area (Å²) in [6.45, 7) is 1.06. The number of amides is 1. The summed E-state index contributed by atoms with van der Waals surface area (Å²) in [4.78, 5) is 12.3. The zero-order chi connectivity index (χ0) is 15.1. The second-order valence-electron chi connectivity index (χ2n) is 6.11. The van der Waals surface area contributed by atoms with Gasteiger partial charge in [-0.05, 0) is 49.6 Å². The third-order valence-corrected chi connectivity index (χ3v) is 4.58. The van der Waals surface area contributed by atoms with Crippen LogP contribution in [0.25, 0.3) is 11.3 Å². The van der Waals surface area contributed by atoms with Crippen LogP contribution in [-0.4, -0.2) is 24.5 Å². The first-order valence-corrected chi connectivity index (χ1v) is 7.59. The minimum absolute atomic E-state index is 0.175. The molecule has 22 heavy (non-hydrogen) atoms. The normalized spacial score (nSPS) is 26.3. The Morgan fingerprint density at radius 1 is 1.27 bits per heavy atom. The summed E-state index contributed by atoms with van der Waals surface area (Å²) in [6, 6.07) is 10.0. The van der Waals surface area contributed by atoms with E-state index in [1.54, 1.807) is 24.3 Å². The molecule has 114 valence electrons. The number of hydrogen-bond donors (Lipinski definition) is 2. The summed E-state index contributed by atoms with van der Waals surface area (Å²) in [7, 11) is 0. The van der Waals surface area contributed by atoms with Crippen molar-refractivity contribution < 1.29 is 13.6 Å². The van der Waals surface area contributed by atoms with Crippen LogP contribution in [0.2, 0.25) is 0 Å². The van der Waals surface area contributed by atoms with E-state index in [1.165, 1.54) is 12.1 Å². The number of benzene rings is 1. The van der Waals surface area contributed by atoms with E-state index in [4.69, 9.17) is 4.42 Å². The number of carbonyl (C=O) groups is 1. The molecule has 3 unspecified atom stereocenters. The van der Waals surface area contributed by atoms with Crippen molar-refractivity contribution in [1.82, 2.24) is 10.6 Å². The van der Waals surface area contributed by atoms with E-state index in [0.29, 0.717) is 23.3 Å². The SMILES string of the molecule is O=C(NC1CC2CNC1C2)c1ccc(-c2cccc(F)c2)o1. The number of fused-ring (bicyclic) bond motifs is 2. The highest BCUT2D eigenvalue weighted by Crippen LogP contribution is 2.31. The van der Waals surface area contributed by atoms with Gasteiger partial charge in [0, 0.05) is 17.6 Å². The van der Waals surface area contributed by atoms with Gasteiger partial charge in [-0.1, -0.05) is 12.1 Å². The molecule has 2 N–H and O–H groups in total. The standard InChI is InChI=1S/C17H17FN2O2/c18-12-3-1-2-11(8-12)15-4-5-16(22-15)17(21)20-14-7-10-6-13(14)19-9-10/h1-5,8,10,13-14,19H,6-7,9H2,(H,20,21). The lowest BCUT2D eigenvalue weighted by Gasteiger charge is -2.23. The van der Waals surface area contributed by atoms with Gasteiger partial charge in [-0.25, -0.2) is 4.39 Å². The van der Waals surface area contributed by atoms with Crippen LogP contribution in [0.5, 0.6) is 0 Å². The van der Waals surface area contributed by atoms with E-state index >= 15 is 0 Å². The zero-order valence-electron chi connectivity index (χ0n) is 12.0. The van der Waals surface area contributed by atoms with Crippen LogP contribution in [0.15, 0.2) is 40.8 Å². The van der Waals surface area contributed by atoms with Crippen molar-refractivity contribution in [2.45, 2.75) is 24.9 Å². The molecular weight excluding hydrogens is 283 g/mol. The third-order valence-electron chi connectivity index (χ3n) is 4.58. The first-order valence-electron chi connectivity index (χ1n) is 7.59. The van der Waals surface area contributed by atoms with Crippen LogP contribution in [0.1, 0.15) is 23.4 Å². The molecule has 2 bridgehead atoms. The van der Waals surface area contributed by atoms with E-state index in [1.807, 2.05) is 0 Å². The lowest BCUT2D eigenvalue weighted by atomic mass is 10.1. The third kappa shape index (κ3) is 2.41. The fraction of sp³-hybridized carbons (Fsp3) is 0.353. The molecule has 1 saturated carbocycles. The number of hydrogen-bond acceptors (Lipinski definition) is 3. The average molecular weight is 300 g/mol. The van der Waals surface area contributed by atoms with Gasteiger partial charge in [0.05, 0.1) is 0 Å². The van der Waals surface area contributed by atoms with Crippen molar-refractivity contribution >= 4 is 5.91 Å². The summed E-state index contributed by atoms with van der Waals surface area (Å²) in [5.41, 5.74) is 0.626. The number of furan rings is 1. The molecule has 5 heteroatoms. The Bertz CT molecular complexity index is 712. The second kappa shape index (κ2) is 5.25. The van der Waals surface area contributed by atoms with Crippen LogP contribution in [0.3, 0.4) is 0 Å². The molecule has 1 aliphatic carbocycles. The number of piperidine rings is 1. The highest BCUT2D eigenvalue weighted by atomic mass is 19.1. The van der Waals surface area contributed by atoms with Gasteiger partial charge in [-0.15, -0.1) is 0 Å². The molecule has 3 atom stereocenters. The first-order chi connectivity index (χ1) is 10.7. The molecule has 1 aromatic heterocycles. The lowest BCUT2D eigenvalue weighted by molar-refractivity contribution is 0.0901. The van der Waals surface area contributed by atoms with Crippen molar-refractivity contribution in [3.63, 3.8) is 0 Å². The number of rotatable bonds is 3. The fourth-order valence-corrected chi connectivity index (χ4v) is 3.51. The number of carbonyl (C=O) groups excluding carboxylic acids is 1. The van der Waals surface area contributed by atoms with Gasteiger partial charge in [0.25, 0.3) is 5.91 Å². The minimum Gasteiger partial charge on any atom is -0.451 e. The molecule has 1 saturated heterocycles. The molecule has 0 radical (unpaired) electrons. The number of halogens is 1. The average Bonchev–Trinajstić information content (AvgIpc) is 3.23. The fourth-order valence-electron chi connectivity index (χ4n) is 3.51. The van der Waals surface area contributed by atoms with Gasteiger partial charge < -0.3 is 15.1 Å². The summed E-state index contributed by atoms with van der Waals surface area (Å²) >= 11 is 0. The van der Waals surface area contributed by atoms with E-state index in [-0.39, 0.29) is 23.5 Å². The molecule has 2 fully saturated rings. The van der Waals surface area contributed by atoms with Gasteiger partial charge in [0.15, 0.2) is 5.76 Å². The quantitative estimate of drug-likeness (QED) is 0.916. The predicted octanol–water partition coefficient (Wildman–Crippen LogP) is 2.57. The maximum absolute atomic E-state index is 13.2. The van der Waals surface area contributed by atoms with Gasteiger partial charge in [-0.3, -0.25) is 4.79 Å². The van der Waals surface area contributed by atoms with Crippen molar-refractivity contribution in [3.8, 4) is 11.3 Å². The molecule has 2 aliphatic rings. The molecular formula is C17H17FN2O2. The first kappa shape index (κ1) is 13.5. The molecule has 1 amide bonds. The zero-order valence-corrected chi connectivity index (χ0v) is 12.0. The monoisotopic (exact) mass is 300 g/mol. The highest BCUT2D eigenvalue weighted by Gasteiger charge is 2.40. The smallest absolute Gasteiger partial charge is 0.287 e. The topological polar surface area (TPSA) is 54.3 Å². The Labute approximate surface area is 127 Å². The molecule has 1 aliphatic heterocycles. The van der Waals surface area contributed by atoms with Crippen molar-refractivity contribution in [1.29, 1.82) is 0 Å². The van der Waals surface area contributed by atoms with E-state index in [0.717, 1.165) is 19.4 Å². The van der Waals surface area contributed by atoms with E-state index in [2.05, 4.69) is 10.6 Å². The van der Waals surface area contributed by atoms with Crippen LogP contribution in [0, 0.1) is 11.7 Å². The summed E-state index contributed by atoms with van der Waals surface area (Å²) < 4.78 is 18.8. The molecule has 4 nitrogen and oxygen atoms in total. The van der Waals surface area contributed by atoms with E-state index in [9.17, 15) is 9.18 Å². The van der Waals surface area contributed by atoms with Crippen LogP contribution in [0.4, 0.5) is 4.39 Å². The minimum atomic E-state index is -0.326. The van der Waals surface area contributed by atoms with Crippen LogP contribution < -0.4 is 10.6 Å². The Hall–Kier alpha value is -2.14. The van der Waals surface area contributed by atoms with Crippen molar-refractivity contribution in [2.24, 2.45) is 5.92 Å². The Balaban J connectivity index is 1.48. The predicted molar refractivity (Wildman–Crippen MR) is 79.9 cm³/mol. The Morgan fingerprint density at radius 2 is 2.18 bits per heavy atom. The molecule has 2 heterocycles. The van der Waals surface area contributed by atoms with Gasteiger partial charge in [0.1, 0.15) is 11.6 Å². The Kier molecular flexibility index (Phi) is 3.22. The maximum atomic E-state index is 13.2. The van der Waals surface area contributed by atoms with E-state index < -0.39 is 0 Å². The highest BCUT2D eigenvalue weighted by molar-refractivity contribution is 5.92. The summed E-state index contributed by atoms with van der Waals surface area (Å²) in [5.74, 6) is 0.905. The molecule has 4 rings (SSSR count). The van der Waals surface area contributed by atoms with Crippen LogP contribution in [-0.2, 0) is 0 Å². The van der Waals surface area contributed by atoms with Gasteiger partial charge in [-0.2, -0.15) is 0 Å². The second-order valence-corrected chi connectivity index (χ2v) is 6.11. The molecule has 0 spiro atoms. The maximum Gasteiger partial charge on any atom is 0.287 e.